The third kappa shape index (κ3) is 4.77. The van der Waals surface area contributed by atoms with Crippen LogP contribution in [0.1, 0.15) is 50.2 Å². The van der Waals surface area contributed by atoms with E-state index < -0.39 is 0 Å². The maximum Gasteiger partial charge on any atom is 0.237 e. The molecule has 27 heavy (non-hydrogen) atoms. The van der Waals surface area contributed by atoms with Crippen LogP contribution in [0.15, 0.2) is 35.1 Å². The molecule has 0 saturated heterocycles. The summed E-state index contributed by atoms with van der Waals surface area (Å²) in [4.78, 5) is 14.8. The highest BCUT2D eigenvalue weighted by molar-refractivity contribution is 7.99. The molecule has 0 unspecified atom stereocenters. The van der Waals surface area contributed by atoms with Gasteiger partial charge in [-0.15, -0.1) is 5.10 Å². The SMILES string of the molecule is CCCN(C(=O)CSc1nnnn1-c1ccc(C)cc1C)C1=CCCCC1. The van der Waals surface area contributed by atoms with Crippen LogP contribution in [-0.2, 0) is 4.79 Å². The minimum absolute atomic E-state index is 0.130. The summed E-state index contributed by atoms with van der Waals surface area (Å²) in [7, 11) is 0. The van der Waals surface area contributed by atoms with Gasteiger partial charge in [-0.2, -0.15) is 4.68 Å². The van der Waals surface area contributed by atoms with Crippen molar-refractivity contribution in [1.82, 2.24) is 25.1 Å². The highest BCUT2D eigenvalue weighted by atomic mass is 32.2. The van der Waals surface area contributed by atoms with E-state index in [0.29, 0.717) is 10.9 Å². The van der Waals surface area contributed by atoms with Gasteiger partial charge in [0.25, 0.3) is 0 Å². The number of allylic oxidation sites excluding steroid dienone is 2. The number of carbonyl (C=O) groups excluding carboxylic acids is 1. The third-order valence-electron chi connectivity index (χ3n) is 4.71. The van der Waals surface area contributed by atoms with Gasteiger partial charge in [0, 0.05) is 12.2 Å². The van der Waals surface area contributed by atoms with E-state index >= 15 is 0 Å². The Balaban J connectivity index is 1.72. The fraction of sp³-hybridized carbons (Fsp3) is 0.500. The second-order valence-corrected chi connectivity index (χ2v) is 7.88. The van der Waals surface area contributed by atoms with Crippen LogP contribution < -0.4 is 0 Å². The average molecular weight is 386 g/mol. The summed E-state index contributed by atoms with van der Waals surface area (Å²) in [5.74, 6) is 0.466. The third-order valence-corrected chi connectivity index (χ3v) is 5.61. The van der Waals surface area contributed by atoms with Gasteiger partial charge >= 0.3 is 0 Å². The highest BCUT2D eigenvalue weighted by Gasteiger charge is 2.20. The maximum absolute atomic E-state index is 12.9. The molecular formula is C20H27N5OS. The molecule has 1 aromatic carbocycles. The van der Waals surface area contributed by atoms with Crippen LogP contribution in [0, 0.1) is 13.8 Å². The van der Waals surface area contributed by atoms with Crippen LogP contribution in [0.4, 0.5) is 0 Å². The summed E-state index contributed by atoms with van der Waals surface area (Å²) < 4.78 is 1.72. The first-order chi connectivity index (χ1) is 13.1. The van der Waals surface area contributed by atoms with Crippen LogP contribution in [-0.4, -0.2) is 43.3 Å². The summed E-state index contributed by atoms with van der Waals surface area (Å²) in [5.41, 5.74) is 4.43. The van der Waals surface area contributed by atoms with Gasteiger partial charge in [-0.3, -0.25) is 4.79 Å². The van der Waals surface area contributed by atoms with Crippen LogP contribution >= 0.6 is 11.8 Å². The smallest absolute Gasteiger partial charge is 0.237 e. The molecule has 0 aliphatic heterocycles. The number of nitrogens with zero attached hydrogens (tertiary/aromatic N) is 5. The van der Waals surface area contributed by atoms with E-state index in [4.69, 9.17) is 0 Å². The zero-order valence-corrected chi connectivity index (χ0v) is 17.1. The number of thioether (sulfide) groups is 1. The molecule has 0 spiro atoms. The van der Waals surface area contributed by atoms with Gasteiger partial charge in [0.05, 0.1) is 11.4 Å². The van der Waals surface area contributed by atoms with Gasteiger partial charge in [-0.05, 0) is 68.0 Å². The minimum Gasteiger partial charge on any atom is -0.316 e. The molecule has 1 heterocycles. The highest BCUT2D eigenvalue weighted by Crippen LogP contribution is 2.25. The molecule has 0 radical (unpaired) electrons. The normalized spacial score (nSPS) is 14.1. The number of carbonyl (C=O) groups is 1. The van der Waals surface area contributed by atoms with E-state index in [1.807, 2.05) is 24.0 Å². The van der Waals surface area contributed by atoms with E-state index in [-0.39, 0.29) is 5.91 Å². The fourth-order valence-corrected chi connectivity index (χ4v) is 4.15. The number of aryl methyl sites for hydroxylation is 2. The van der Waals surface area contributed by atoms with Crippen molar-refractivity contribution in [2.45, 2.75) is 58.0 Å². The summed E-state index contributed by atoms with van der Waals surface area (Å²) in [6.45, 7) is 6.99. The zero-order valence-electron chi connectivity index (χ0n) is 16.3. The number of rotatable bonds is 7. The topological polar surface area (TPSA) is 63.9 Å². The van der Waals surface area contributed by atoms with Gasteiger partial charge < -0.3 is 4.90 Å². The molecule has 1 amide bonds. The number of hydrogen-bond acceptors (Lipinski definition) is 5. The largest absolute Gasteiger partial charge is 0.316 e. The number of hydrogen-bond donors (Lipinski definition) is 0. The quantitative estimate of drug-likeness (QED) is 0.672. The molecule has 1 aliphatic rings. The van der Waals surface area contributed by atoms with Crippen molar-refractivity contribution in [3.8, 4) is 5.69 Å². The van der Waals surface area contributed by atoms with Crippen molar-refractivity contribution >= 4 is 17.7 Å². The molecular weight excluding hydrogens is 358 g/mol. The standard InChI is InChI=1S/C20H27N5OS/c1-4-12-24(17-8-6-5-7-9-17)19(26)14-27-20-21-22-23-25(20)18-11-10-15(2)13-16(18)3/h8,10-11,13H,4-7,9,12,14H2,1-3H3. The number of aromatic nitrogens is 4. The van der Waals surface area contributed by atoms with Gasteiger partial charge in [0.1, 0.15) is 0 Å². The van der Waals surface area contributed by atoms with Crippen LogP contribution in [0.2, 0.25) is 0 Å². The Hall–Kier alpha value is -2.15. The van der Waals surface area contributed by atoms with Crippen molar-refractivity contribution in [3.63, 3.8) is 0 Å². The van der Waals surface area contributed by atoms with Crippen molar-refractivity contribution in [1.29, 1.82) is 0 Å². The summed E-state index contributed by atoms with van der Waals surface area (Å²) >= 11 is 1.40. The monoisotopic (exact) mass is 385 g/mol. The predicted molar refractivity (Wildman–Crippen MR) is 108 cm³/mol. The molecule has 0 N–H and O–H groups in total. The summed E-state index contributed by atoms with van der Waals surface area (Å²) in [5, 5.41) is 12.7. The minimum atomic E-state index is 0.130. The Morgan fingerprint density at radius 2 is 2.15 bits per heavy atom. The Morgan fingerprint density at radius 1 is 1.30 bits per heavy atom. The van der Waals surface area contributed by atoms with Gasteiger partial charge in [-0.1, -0.05) is 42.5 Å². The lowest BCUT2D eigenvalue weighted by Crippen LogP contribution is -2.33. The first kappa shape index (κ1) is 19.6. The van der Waals surface area contributed by atoms with Gasteiger partial charge in [0.2, 0.25) is 11.1 Å². The predicted octanol–water partition coefficient (Wildman–Crippen LogP) is 4.07. The van der Waals surface area contributed by atoms with E-state index in [1.54, 1.807) is 4.68 Å². The Labute approximate surface area is 165 Å². The Morgan fingerprint density at radius 3 is 2.85 bits per heavy atom. The molecule has 3 rings (SSSR count). The van der Waals surface area contributed by atoms with Crippen LogP contribution in [0.5, 0.6) is 0 Å². The second kappa shape index (κ2) is 9.17. The van der Waals surface area contributed by atoms with Crippen molar-refractivity contribution in [3.05, 3.63) is 41.1 Å². The first-order valence-electron chi connectivity index (χ1n) is 9.58. The van der Waals surface area contributed by atoms with E-state index in [1.165, 1.54) is 29.4 Å². The lowest BCUT2D eigenvalue weighted by atomic mass is 10.0. The molecule has 1 aliphatic carbocycles. The van der Waals surface area contributed by atoms with Crippen molar-refractivity contribution in [2.75, 3.05) is 12.3 Å². The number of amides is 1. The molecule has 7 heteroatoms. The second-order valence-electron chi connectivity index (χ2n) is 6.94. The van der Waals surface area contributed by atoms with E-state index in [0.717, 1.165) is 43.5 Å². The molecule has 0 atom stereocenters. The van der Waals surface area contributed by atoms with Crippen molar-refractivity contribution < 1.29 is 4.79 Å². The summed E-state index contributed by atoms with van der Waals surface area (Å²) in [6, 6.07) is 6.17. The molecule has 6 nitrogen and oxygen atoms in total. The first-order valence-corrected chi connectivity index (χ1v) is 10.6. The van der Waals surface area contributed by atoms with Crippen LogP contribution in [0.25, 0.3) is 5.69 Å². The lowest BCUT2D eigenvalue weighted by Gasteiger charge is -2.27. The number of tetrazole rings is 1. The lowest BCUT2D eigenvalue weighted by molar-refractivity contribution is -0.126. The zero-order chi connectivity index (χ0) is 19.2. The fourth-order valence-electron chi connectivity index (χ4n) is 3.39. The summed E-state index contributed by atoms with van der Waals surface area (Å²) in [6.07, 6.45) is 7.63. The molecule has 0 saturated carbocycles. The molecule has 2 aromatic rings. The van der Waals surface area contributed by atoms with Crippen LogP contribution in [0.3, 0.4) is 0 Å². The number of benzene rings is 1. The van der Waals surface area contributed by atoms with Gasteiger partial charge in [0.15, 0.2) is 0 Å². The maximum atomic E-state index is 12.9. The molecule has 144 valence electrons. The Bertz CT molecular complexity index is 830. The molecule has 0 bridgehead atoms. The molecule has 1 aromatic heterocycles. The van der Waals surface area contributed by atoms with Crippen molar-refractivity contribution in [2.24, 2.45) is 0 Å². The Kier molecular flexibility index (Phi) is 6.66. The molecule has 0 fully saturated rings. The van der Waals surface area contributed by atoms with E-state index in [2.05, 4.69) is 41.5 Å². The van der Waals surface area contributed by atoms with Gasteiger partial charge in [-0.25, -0.2) is 0 Å². The van der Waals surface area contributed by atoms with E-state index in [9.17, 15) is 4.79 Å². The average Bonchev–Trinajstić information content (AvgIpc) is 3.13.